The van der Waals surface area contributed by atoms with Crippen LogP contribution in [0.3, 0.4) is 0 Å². The van der Waals surface area contributed by atoms with Gasteiger partial charge < -0.3 is 10.0 Å². The summed E-state index contributed by atoms with van der Waals surface area (Å²) in [5.41, 5.74) is -0.675. The molecule has 1 N–H and O–H groups in total. The molecule has 16 heavy (non-hydrogen) atoms. The summed E-state index contributed by atoms with van der Waals surface area (Å²) < 4.78 is 0. The van der Waals surface area contributed by atoms with Crippen LogP contribution < -0.4 is 0 Å². The Hall–Kier alpha value is -0.320. The first-order valence-corrected chi connectivity index (χ1v) is 6.11. The Labute approximate surface area is 102 Å². The highest BCUT2D eigenvalue weighted by Crippen LogP contribution is 2.10. The zero-order valence-electron chi connectivity index (χ0n) is 10.2. The molecule has 4 nitrogen and oxygen atoms in total. The molecule has 1 heterocycles. The van der Waals surface area contributed by atoms with Crippen LogP contribution in [-0.2, 0) is 4.79 Å². The molecule has 1 fully saturated rings. The molecule has 1 aliphatic heterocycles. The van der Waals surface area contributed by atoms with E-state index in [0.717, 1.165) is 13.1 Å². The van der Waals surface area contributed by atoms with Crippen LogP contribution in [0, 0.1) is 0 Å². The lowest BCUT2D eigenvalue weighted by Crippen LogP contribution is -2.53. The molecule has 5 heteroatoms. The monoisotopic (exact) mass is 248 g/mol. The molecule has 1 unspecified atom stereocenters. The number of aliphatic hydroxyl groups is 1. The number of nitrogens with zero attached hydrogens (tertiary/aromatic N) is 2. The SMILES string of the molecule is CC(Cl)C(=O)N1CCN(CC(C)(C)O)CC1. The van der Waals surface area contributed by atoms with Crippen LogP contribution in [-0.4, -0.2) is 64.5 Å². The molecular weight excluding hydrogens is 228 g/mol. The maximum absolute atomic E-state index is 11.6. The van der Waals surface area contributed by atoms with Crippen LogP contribution in [0.2, 0.25) is 0 Å². The van der Waals surface area contributed by atoms with Gasteiger partial charge in [-0.15, -0.1) is 11.6 Å². The Bertz CT molecular complexity index is 243. The normalized spacial score (nSPS) is 20.9. The highest BCUT2D eigenvalue weighted by molar-refractivity contribution is 6.30. The van der Waals surface area contributed by atoms with E-state index < -0.39 is 11.0 Å². The van der Waals surface area contributed by atoms with Crippen molar-refractivity contribution in [3.63, 3.8) is 0 Å². The Morgan fingerprint density at radius 3 is 2.25 bits per heavy atom. The Morgan fingerprint density at radius 1 is 1.38 bits per heavy atom. The van der Waals surface area contributed by atoms with E-state index in [4.69, 9.17) is 11.6 Å². The zero-order chi connectivity index (χ0) is 12.3. The smallest absolute Gasteiger partial charge is 0.240 e. The number of carbonyl (C=O) groups is 1. The zero-order valence-corrected chi connectivity index (χ0v) is 11.0. The number of β-amino-alcohol motifs (C(OH)–C–C–N with tert-alkyl or cyclic N) is 1. The minimum atomic E-state index is -0.675. The van der Waals surface area contributed by atoms with E-state index in [9.17, 15) is 9.90 Å². The van der Waals surface area contributed by atoms with E-state index in [2.05, 4.69) is 4.90 Å². The van der Waals surface area contributed by atoms with E-state index in [1.54, 1.807) is 25.7 Å². The predicted octanol–water partition coefficient (Wildman–Crippen LogP) is 0.529. The van der Waals surface area contributed by atoms with Crippen molar-refractivity contribution < 1.29 is 9.90 Å². The van der Waals surface area contributed by atoms with Crippen LogP contribution >= 0.6 is 11.6 Å². The van der Waals surface area contributed by atoms with Gasteiger partial charge in [0.1, 0.15) is 5.38 Å². The van der Waals surface area contributed by atoms with E-state index in [1.807, 2.05) is 0 Å². The lowest BCUT2D eigenvalue weighted by Gasteiger charge is -2.37. The number of alkyl halides is 1. The van der Waals surface area contributed by atoms with E-state index >= 15 is 0 Å². The second-order valence-electron chi connectivity index (χ2n) is 5.03. The van der Waals surface area contributed by atoms with Crippen molar-refractivity contribution in [2.24, 2.45) is 0 Å². The molecule has 0 aromatic carbocycles. The van der Waals surface area contributed by atoms with Gasteiger partial charge >= 0.3 is 0 Å². The first kappa shape index (κ1) is 13.7. The maximum atomic E-state index is 11.6. The van der Waals surface area contributed by atoms with E-state index in [1.165, 1.54) is 0 Å². The molecule has 1 atom stereocenters. The number of halogens is 1. The van der Waals surface area contributed by atoms with Gasteiger partial charge in [-0.3, -0.25) is 9.69 Å². The molecule has 94 valence electrons. The summed E-state index contributed by atoms with van der Waals surface area (Å²) in [7, 11) is 0. The molecule has 0 aliphatic carbocycles. The average Bonchev–Trinajstić information content (AvgIpc) is 2.15. The summed E-state index contributed by atoms with van der Waals surface area (Å²) >= 11 is 5.76. The van der Waals surface area contributed by atoms with Gasteiger partial charge in [-0.1, -0.05) is 0 Å². The fraction of sp³-hybridized carbons (Fsp3) is 0.909. The summed E-state index contributed by atoms with van der Waals surface area (Å²) in [6, 6.07) is 0. The first-order valence-electron chi connectivity index (χ1n) is 5.67. The van der Waals surface area contributed by atoms with Gasteiger partial charge in [0.2, 0.25) is 5.91 Å². The number of piperazine rings is 1. The summed E-state index contributed by atoms with van der Waals surface area (Å²) in [6.45, 7) is 8.95. The number of hydrogen-bond donors (Lipinski definition) is 1. The number of rotatable bonds is 3. The molecule has 1 rings (SSSR count). The third kappa shape index (κ3) is 4.28. The second kappa shape index (κ2) is 5.34. The minimum Gasteiger partial charge on any atom is -0.389 e. The van der Waals surface area contributed by atoms with E-state index in [0.29, 0.717) is 19.6 Å². The molecule has 1 amide bonds. The van der Waals surface area contributed by atoms with Crippen molar-refractivity contribution in [1.29, 1.82) is 0 Å². The summed E-state index contributed by atoms with van der Waals surface area (Å²) in [5, 5.41) is 9.25. The summed E-state index contributed by atoms with van der Waals surface area (Å²) in [4.78, 5) is 15.6. The molecule has 0 radical (unpaired) electrons. The second-order valence-corrected chi connectivity index (χ2v) is 5.68. The number of hydrogen-bond acceptors (Lipinski definition) is 3. The molecule has 1 saturated heterocycles. The summed E-state index contributed by atoms with van der Waals surface area (Å²) in [6.07, 6.45) is 0. The lowest BCUT2D eigenvalue weighted by atomic mass is 10.1. The van der Waals surface area contributed by atoms with Crippen molar-refractivity contribution in [3.05, 3.63) is 0 Å². The predicted molar refractivity (Wildman–Crippen MR) is 64.6 cm³/mol. The molecule has 1 aliphatic rings. The van der Waals surface area contributed by atoms with Crippen molar-refractivity contribution >= 4 is 17.5 Å². The Balaban J connectivity index is 2.37. The van der Waals surface area contributed by atoms with Crippen LogP contribution in [0.25, 0.3) is 0 Å². The van der Waals surface area contributed by atoms with Gasteiger partial charge in [-0.05, 0) is 20.8 Å². The van der Waals surface area contributed by atoms with Crippen molar-refractivity contribution in [3.8, 4) is 0 Å². The topological polar surface area (TPSA) is 43.8 Å². The Kier molecular flexibility index (Phi) is 4.59. The minimum absolute atomic E-state index is 0.00424. The fourth-order valence-corrected chi connectivity index (χ4v) is 2.06. The van der Waals surface area contributed by atoms with Gasteiger partial charge in [0.15, 0.2) is 0 Å². The lowest BCUT2D eigenvalue weighted by molar-refractivity contribution is -0.132. The number of amides is 1. The fourth-order valence-electron chi connectivity index (χ4n) is 1.93. The molecule has 0 aromatic rings. The van der Waals surface area contributed by atoms with Gasteiger partial charge in [-0.2, -0.15) is 0 Å². The molecule has 0 saturated carbocycles. The van der Waals surface area contributed by atoms with Crippen molar-refractivity contribution in [2.75, 3.05) is 32.7 Å². The third-order valence-electron chi connectivity index (χ3n) is 2.63. The van der Waals surface area contributed by atoms with Crippen molar-refractivity contribution in [1.82, 2.24) is 9.80 Å². The van der Waals surface area contributed by atoms with Crippen LogP contribution in [0.15, 0.2) is 0 Å². The maximum Gasteiger partial charge on any atom is 0.240 e. The van der Waals surface area contributed by atoms with Gasteiger partial charge in [0, 0.05) is 32.7 Å². The van der Waals surface area contributed by atoms with Gasteiger partial charge in [0.05, 0.1) is 5.60 Å². The largest absolute Gasteiger partial charge is 0.389 e. The molecule has 0 bridgehead atoms. The first-order chi connectivity index (χ1) is 7.29. The molecular formula is C11H21ClN2O2. The van der Waals surface area contributed by atoms with Crippen molar-refractivity contribution in [2.45, 2.75) is 31.7 Å². The Morgan fingerprint density at radius 2 is 1.88 bits per heavy atom. The van der Waals surface area contributed by atoms with Gasteiger partial charge in [0.25, 0.3) is 0 Å². The van der Waals surface area contributed by atoms with Crippen LogP contribution in [0.1, 0.15) is 20.8 Å². The standard InChI is InChI=1S/C11H21ClN2O2/c1-9(12)10(15)14-6-4-13(5-7-14)8-11(2,3)16/h9,16H,4-8H2,1-3H3. The quantitative estimate of drug-likeness (QED) is 0.741. The van der Waals surface area contributed by atoms with Gasteiger partial charge in [-0.25, -0.2) is 0 Å². The third-order valence-corrected chi connectivity index (χ3v) is 2.82. The van der Waals surface area contributed by atoms with E-state index in [-0.39, 0.29) is 5.91 Å². The van der Waals surface area contributed by atoms with Crippen LogP contribution in [0.4, 0.5) is 0 Å². The molecule has 0 spiro atoms. The highest BCUT2D eigenvalue weighted by Gasteiger charge is 2.26. The summed E-state index contributed by atoms with van der Waals surface area (Å²) in [5.74, 6) is 0.00424. The number of carbonyl (C=O) groups excluding carboxylic acids is 1. The molecule has 0 aromatic heterocycles. The highest BCUT2D eigenvalue weighted by atomic mass is 35.5. The van der Waals surface area contributed by atoms with Crippen LogP contribution in [0.5, 0.6) is 0 Å². The average molecular weight is 249 g/mol.